The number of halogens is 1. The molecule has 0 bridgehead atoms. The lowest BCUT2D eigenvalue weighted by Gasteiger charge is -2.12. The number of ether oxygens (including phenoxy) is 2. The average molecular weight is 519 g/mol. The third kappa shape index (κ3) is 8.27. The summed E-state index contributed by atoms with van der Waals surface area (Å²) in [5.74, 6) is 1.37. The Bertz CT molecular complexity index is 719. The molecule has 0 aliphatic carbocycles. The van der Waals surface area contributed by atoms with Gasteiger partial charge in [-0.2, -0.15) is 0 Å². The molecule has 0 amide bonds. The monoisotopic (exact) mass is 519 g/mol. The zero-order valence-corrected chi connectivity index (χ0v) is 20.1. The van der Waals surface area contributed by atoms with Crippen LogP contribution in [0.5, 0.6) is 5.88 Å². The first-order chi connectivity index (χ1) is 13.1. The van der Waals surface area contributed by atoms with Crippen molar-refractivity contribution >= 4 is 41.3 Å². The highest BCUT2D eigenvalue weighted by atomic mass is 127. The van der Waals surface area contributed by atoms with E-state index < -0.39 is 0 Å². The van der Waals surface area contributed by atoms with Crippen molar-refractivity contribution in [3.8, 4) is 5.88 Å². The quantitative estimate of drug-likeness (QED) is 0.217. The van der Waals surface area contributed by atoms with E-state index >= 15 is 0 Å². The van der Waals surface area contributed by atoms with Crippen LogP contribution in [0.4, 0.5) is 0 Å². The fourth-order valence-electron chi connectivity index (χ4n) is 2.34. The van der Waals surface area contributed by atoms with Crippen LogP contribution in [-0.2, 0) is 17.7 Å². The van der Waals surface area contributed by atoms with Crippen molar-refractivity contribution in [3.63, 3.8) is 0 Å². The molecule has 0 fully saturated rings. The first-order valence-electron chi connectivity index (χ1n) is 9.14. The Kier molecular flexibility index (Phi) is 12.0. The zero-order chi connectivity index (χ0) is 19.5. The van der Waals surface area contributed by atoms with E-state index in [1.807, 2.05) is 19.1 Å². The number of hydrogen-bond acceptors (Lipinski definition) is 6. The van der Waals surface area contributed by atoms with E-state index in [0.717, 1.165) is 41.7 Å². The van der Waals surface area contributed by atoms with Crippen molar-refractivity contribution in [1.82, 2.24) is 20.6 Å². The van der Waals surface area contributed by atoms with Crippen LogP contribution in [0.1, 0.15) is 28.1 Å². The maximum atomic E-state index is 5.67. The van der Waals surface area contributed by atoms with Gasteiger partial charge >= 0.3 is 0 Å². The summed E-state index contributed by atoms with van der Waals surface area (Å²) in [6, 6.07) is 3.87. The van der Waals surface area contributed by atoms with Crippen molar-refractivity contribution in [3.05, 3.63) is 39.5 Å². The molecule has 0 atom stereocenters. The van der Waals surface area contributed by atoms with Crippen LogP contribution < -0.4 is 15.4 Å². The van der Waals surface area contributed by atoms with Gasteiger partial charge < -0.3 is 20.1 Å². The van der Waals surface area contributed by atoms with Gasteiger partial charge in [-0.3, -0.25) is 0 Å². The summed E-state index contributed by atoms with van der Waals surface area (Å²) in [6.45, 7) is 9.27. The molecule has 0 aliphatic heterocycles. The number of aliphatic imine (C=N–C) groups is 1. The van der Waals surface area contributed by atoms with E-state index in [9.17, 15) is 0 Å². The van der Waals surface area contributed by atoms with Gasteiger partial charge in [0.2, 0.25) is 5.88 Å². The lowest BCUT2D eigenvalue weighted by Crippen LogP contribution is -2.38. The maximum absolute atomic E-state index is 5.67. The molecule has 2 N–H and O–H groups in total. The molecular formula is C19H30IN5O2S. The van der Waals surface area contributed by atoms with E-state index in [-0.39, 0.29) is 24.0 Å². The van der Waals surface area contributed by atoms with Gasteiger partial charge in [0.05, 0.1) is 23.9 Å². The van der Waals surface area contributed by atoms with Crippen LogP contribution in [0.25, 0.3) is 0 Å². The molecule has 9 heteroatoms. The van der Waals surface area contributed by atoms with Gasteiger partial charge in [-0.05, 0) is 26.8 Å². The zero-order valence-electron chi connectivity index (χ0n) is 16.9. The van der Waals surface area contributed by atoms with Gasteiger partial charge in [0.15, 0.2) is 5.96 Å². The number of thiazole rings is 1. The van der Waals surface area contributed by atoms with E-state index in [4.69, 9.17) is 9.47 Å². The lowest BCUT2D eigenvalue weighted by atomic mass is 10.3. The molecule has 2 rings (SSSR count). The summed E-state index contributed by atoms with van der Waals surface area (Å²) >= 11 is 1.75. The second-order valence-corrected chi connectivity index (χ2v) is 7.22. The number of aromatic nitrogens is 2. The molecule has 2 heterocycles. The van der Waals surface area contributed by atoms with E-state index in [0.29, 0.717) is 25.6 Å². The van der Waals surface area contributed by atoms with E-state index in [1.54, 1.807) is 24.6 Å². The van der Waals surface area contributed by atoms with Crippen molar-refractivity contribution < 1.29 is 9.47 Å². The third-order valence-electron chi connectivity index (χ3n) is 3.83. The number of guanidine groups is 1. The second kappa shape index (κ2) is 13.7. The minimum Gasteiger partial charge on any atom is -0.475 e. The SMILES string of the molecule is CCNC(=NCc1cccnc1OCCOC)NCCc1nc(C)c(C)s1.I. The molecular weight excluding hydrogens is 489 g/mol. The highest BCUT2D eigenvalue weighted by Crippen LogP contribution is 2.17. The normalized spacial score (nSPS) is 11.1. The molecule has 0 saturated carbocycles. The van der Waals surface area contributed by atoms with Crippen molar-refractivity contribution in [2.75, 3.05) is 33.4 Å². The van der Waals surface area contributed by atoms with Crippen LogP contribution in [0.3, 0.4) is 0 Å². The minimum absolute atomic E-state index is 0. The molecule has 7 nitrogen and oxygen atoms in total. The van der Waals surface area contributed by atoms with Crippen molar-refractivity contribution in [1.29, 1.82) is 0 Å². The van der Waals surface area contributed by atoms with E-state index in [2.05, 4.69) is 39.4 Å². The lowest BCUT2D eigenvalue weighted by molar-refractivity contribution is 0.143. The number of aryl methyl sites for hydroxylation is 2. The van der Waals surface area contributed by atoms with Crippen molar-refractivity contribution in [2.24, 2.45) is 4.99 Å². The molecule has 0 radical (unpaired) electrons. The summed E-state index contributed by atoms with van der Waals surface area (Å²) in [7, 11) is 1.65. The second-order valence-electron chi connectivity index (χ2n) is 5.93. The molecule has 28 heavy (non-hydrogen) atoms. The topological polar surface area (TPSA) is 80.7 Å². The molecule has 0 unspecified atom stereocenters. The average Bonchev–Trinajstić information content (AvgIpc) is 2.98. The summed E-state index contributed by atoms with van der Waals surface area (Å²) < 4.78 is 10.7. The number of rotatable bonds is 10. The summed E-state index contributed by atoms with van der Waals surface area (Å²) in [4.78, 5) is 14.8. The van der Waals surface area contributed by atoms with Crippen LogP contribution >= 0.6 is 35.3 Å². The van der Waals surface area contributed by atoms with Gasteiger partial charge in [-0.1, -0.05) is 6.07 Å². The van der Waals surface area contributed by atoms with Crippen LogP contribution in [-0.4, -0.2) is 49.3 Å². The fourth-order valence-corrected chi connectivity index (χ4v) is 3.27. The Morgan fingerprint density at radius 3 is 2.75 bits per heavy atom. The third-order valence-corrected chi connectivity index (χ3v) is 4.96. The number of hydrogen-bond donors (Lipinski definition) is 2. The number of nitrogens with zero attached hydrogens (tertiary/aromatic N) is 3. The van der Waals surface area contributed by atoms with Gasteiger partial charge in [0.1, 0.15) is 6.61 Å². The van der Waals surface area contributed by atoms with E-state index in [1.165, 1.54) is 4.88 Å². The Hall–Kier alpha value is -1.46. The highest BCUT2D eigenvalue weighted by Gasteiger charge is 2.06. The predicted octanol–water partition coefficient (Wildman–Crippen LogP) is 3.10. The smallest absolute Gasteiger partial charge is 0.218 e. The standard InChI is InChI=1S/C19H29N5O2S.HI/c1-5-20-19(22-10-8-17-24-14(2)15(3)27-17)23-13-16-7-6-9-21-18(16)26-12-11-25-4;/h6-7,9H,5,8,10-13H2,1-4H3,(H2,20,22,23);1H. The largest absolute Gasteiger partial charge is 0.475 e. The Morgan fingerprint density at radius 2 is 2.07 bits per heavy atom. The molecule has 2 aromatic rings. The van der Waals surface area contributed by atoms with Gasteiger partial charge in [0.25, 0.3) is 0 Å². The maximum Gasteiger partial charge on any atom is 0.218 e. The first kappa shape index (κ1) is 24.6. The summed E-state index contributed by atoms with van der Waals surface area (Å²) in [5.41, 5.74) is 2.06. The highest BCUT2D eigenvalue weighted by molar-refractivity contribution is 14.0. The van der Waals surface area contributed by atoms with Crippen LogP contribution in [0.2, 0.25) is 0 Å². The van der Waals surface area contributed by atoms with Gasteiger partial charge in [-0.25, -0.2) is 15.0 Å². The molecule has 0 aromatic carbocycles. The Balaban J connectivity index is 0.00000392. The number of methoxy groups -OCH3 is 1. The van der Waals surface area contributed by atoms with Crippen molar-refractivity contribution in [2.45, 2.75) is 33.7 Å². The molecule has 0 aliphatic rings. The first-order valence-corrected chi connectivity index (χ1v) is 9.96. The molecule has 0 spiro atoms. The summed E-state index contributed by atoms with van der Waals surface area (Å²) in [5, 5.41) is 7.78. The summed E-state index contributed by atoms with van der Waals surface area (Å²) in [6.07, 6.45) is 2.60. The number of nitrogens with one attached hydrogen (secondary N) is 2. The van der Waals surface area contributed by atoms with Gasteiger partial charge in [0, 0.05) is 43.3 Å². The van der Waals surface area contributed by atoms with Crippen LogP contribution in [0, 0.1) is 13.8 Å². The van der Waals surface area contributed by atoms with Crippen LogP contribution in [0.15, 0.2) is 23.3 Å². The molecule has 0 saturated heterocycles. The predicted molar refractivity (Wildman–Crippen MR) is 125 cm³/mol. The Labute approximate surface area is 188 Å². The molecule has 156 valence electrons. The van der Waals surface area contributed by atoms with Gasteiger partial charge in [-0.15, -0.1) is 35.3 Å². The molecule has 2 aromatic heterocycles. The number of pyridine rings is 1. The Morgan fingerprint density at radius 1 is 1.25 bits per heavy atom. The fraction of sp³-hybridized carbons (Fsp3) is 0.526. The minimum atomic E-state index is 0.